The number of hydrogen-bond donors (Lipinski definition) is 1. The van der Waals surface area contributed by atoms with Gasteiger partial charge in [-0.2, -0.15) is 0 Å². The molecule has 0 unspecified atom stereocenters. The van der Waals surface area contributed by atoms with Gasteiger partial charge in [0.15, 0.2) is 11.6 Å². The summed E-state index contributed by atoms with van der Waals surface area (Å²) in [6, 6.07) is 7.77. The Balaban J connectivity index is 1.44. The fourth-order valence-corrected chi connectivity index (χ4v) is 3.74. The highest BCUT2D eigenvalue weighted by Crippen LogP contribution is 2.29. The second-order valence-corrected chi connectivity index (χ2v) is 6.77. The minimum Gasteiger partial charge on any atom is -0.439 e. The fourth-order valence-electron chi connectivity index (χ4n) is 3.74. The number of nitrogens with one attached hydrogen (secondary N) is 1. The van der Waals surface area contributed by atoms with Crippen LogP contribution in [0.4, 0.5) is 8.78 Å². The van der Waals surface area contributed by atoms with Crippen LogP contribution in [-0.4, -0.2) is 35.6 Å². The molecule has 6 heteroatoms. The van der Waals surface area contributed by atoms with Crippen molar-refractivity contribution >= 4 is 0 Å². The summed E-state index contributed by atoms with van der Waals surface area (Å²) in [5.41, 5.74) is 0.906. The first-order chi connectivity index (χ1) is 12.2. The molecule has 0 spiro atoms. The highest BCUT2D eigenvalue weighted by molar-refractivity contribution is 5.32. The van der Waals surface area contributed by atoms with Gasteiger partial charge in [-0.25, -0.2) is 13.8 Å². The number of rotatable bonds is 5. The summed E-state index contributed by atoms with van der Waals surface area (Å²) >= 11 is 0. The lowest BCUT2D eigenvalue weighted by atomic mass is 9.84. The molecule has 2 bridgehead atoms. The van der Waals surface area contributed by atoms with Crippen molar-refractivity contribution in [2.24, 2.45) is 5.92 Å². The summed E-state index contributed by atoms with van der Waals surface area (Å²) in [5.74, 6) is -0.431. The van der Waals surface area contributed by atoms with E-state index in [0.29, 0.717) is 18.5 Å². The molecule has 0 amide bonds. The zero-order chi connectivity index (χ0) is 17.2. The molecule has 1 aromatic heterocycles. The van der Waals surface area contributed by atoms with E-state index in [1.807, 2.05) is 12.1 Å². The van der Waals surface area contributed by atoms with Crippen LogP contribution in [-0.2, 0) is 6.54 Å². The number of pyridine rings is 1. The Morgan fingerprint density at radius 2 is 2.00 bits per heavy atom. The van der Waals surface area contributed by atoms with E-state index < -0.39 is 11.6 Å². The molecule has 4 heterocycles. The highest BCUT2D eigenvalue weighted by Gasteiger charge is 2.33. The van der Waals surface area contributed by atoms with Gasteiger partial charge in [-0.15, -0.1) is 0 Å². The molecule has 1 aromatic carbocycles. The first kappa shape index (κ1) is 16.4. The van der Waals surface area contributed by atoms with Crippen molar-refractivity contribution < 1.29 is 13.5 Å². The Bertz CT molecular complexity index is 747. The molecule has 25 heavy (non-hydrogen) atoms. The molecule has 0 radical (unpaired) electrons. The predicted octanol–water partition coefficient (Wildman–Crippen LogP) is 3.34. The molecule has 0 aliphatic carbocycles. The maximum absolute atomic E-state index is 13.4. The third kappa shape index (κ3) is 3.65. The molecule has 3 aliphatic heterocycles. The summed E-state index contributed by atoms with van der Waals surface area (Å²) in [4.78, 5) is 6.75. The van der Waals surface area contributed by atoms with E-state index in [1.165, 1.54) is 32.0 Å². The van der Waals surface area contributed by atoms with Gasteiger partial charge in [-0.1, -0.05) is 6.07 Å². The lowest BCUT2D eigenvalue weighted by molar-refractivity contribution is 0.0719. The van der Waals surface area contributed by atoms with Crippen molar-refractivity contribution in [3.8, 4) is 11.6 Å². The largest absolute Gasteiger partial charge is 0.439 e. The van der Waals surface area contributed by atoms with Gasteiger partial charge in [-0.05, 0) is 50.0 Å². The number of piperidine rings is 3. The van der Waals surface area contributed by atoms with E-state index in [0.717, 1.165) is 30.2 Å². The van der Waals surface area contributed by atoms with Crippen LogP contribution in [0.15, 0.2) is 36.5 Å². The maximum atomic E-state index is 13.4. The second-order valence-electron chi connectivity index (χ2n) is 6.77. The Hall–Kier alpha value is -2.05. The maximum Gasteiger partial charge on any atom is 0.223 e. The Kier molecular flexibility index (Phi) is 4.63. The molecule has 3 fully saturated rings. The lowest BCUT2D eigenvalue weighted by Crippen LogP contribution is -2.55. The fraction of sp³-hybridized carbons (Fsp3) is 0.421. The number of halogens is 2. The van der Waals surface area contributed by atoms with E-state index in [9.17, 15) is 8.78 Å². The van der Waals surface area contributed by atoms with Crippen LogP contribution in [0.1, 0.15) is 18.4 Å². The Morgan fingerprint density at radius 1 is 1.16 bits per heavy atom. The van der Waals surface area contributed by atoms with Crippen LogP contribution in [0.25, 0.3) is 0 Å². The van der Waals surface area contributed by atoms with Gasteiger partial charge in [0.2, 0.25) is 5.88 Å². The molecule has 2 aromatic rings. The normalized spacial score (nSPS) is 25.1. The molecule has 1 N–H and O–H groups in total. The van der Waals surface area contributed by atoms with Crippen molar-refractivity contribution in [1.82, 2.24) is 15.2 Å². The van der Waals surface area contributed by atoms with Gasteiger partial charge < -0.3 is 15.0 Å². The molecule has 5 rings (SSSR count). The van der Waals surface area contributed by atoms with E-state index >= 15 is 0 Å². The lowest BCUT2D eigenvalue weighted by Gasteiger charge is -2.45. The van der Waals surface area contributed by atoms with Gasteiger partial charge >= 0.3 is 0 Å². The minimum atomic E-state index is -0.930. The molecule has 1 atom stereocenters. The van der Waals surface area contributed by atoms with Gasteiger partial charge in [0, 0.05) is 37.0 Å². The smallest absolute Gasteiger partial charge is 0.223 e. The standard InChI is InChI=1S/C19H21F2N3O/c20-16-4-3-15(10-17(16)21)25-19-14(2-1-7-22-19)11-23-18-12-24-8-5-13(18)6-9-24/h1-4,7,10,13,18,23H,5-6,8-9,11-12H2/t18-/m1/s1. The average Bonchev–Trinajstić information content (AvgIpc) is 2.65. The van der Waals surface area contributed by atoms with Crippen LogP contribution < -0.4 is 10.1 Å². The SMILES string of the molecule is Fc1ccc(Oc2ncccc2CN[C@@H]2CN3CCC2CC3)cc1F. The number of fused-ring (bicyclic) bond motifs is 3. The number of aromatic nitrogens is 1. The number of benzene rings is 1. The zero-order valence-corrected chi connectivity index (χ0v) is 13.9. The van der Waals surface area contributed by atoms with Gasteiger partial charge in [0.25, 0.3) is 0 Å². The molecule has 132 valence electrons. The molecular weight excluding hydrogens is 324 g/mol. The monoisotopic (exact) mass is 345 g/mol. The quantitative estimate of drug-likeness (QED) is 0.902. The predicted molar refractivity (Wildman–Crippen MR) is 90.5 cm³/mol. The molecule has 4 nitrogen and oxygen atoms in total. The molecular formula is C19H21F2N3O. The summed E-state index contributed by atoms with van der Waals surface area (Å²) in [6.07, 6.45) is 4.14. The van der Waals surface area contributed by atoms with Gasteiger partial charge in [0.1, 0.15) is 5.75 Å². The van der Waals surface area contributed by atoms with E-state index in [-0.39, 0.29) is 5.75 Å². The first-order valence-corrected chi connectivity index (χ1v) is 8.71. The first-order valence-electron chi connectivity index (χ1n) is 8.71. The topological polar surface area (TPSA) is 37.4 Å². The van der Waals surface area contributed by atoms with Crippen molar-refractivity contribution in [3.63, 3.8) is 0 Å². The summed E-state index contributed by atoms with van der Waals surface area (Å²) in [5, 5.41) is 3.62. The van der Waals surface area contributed by atoms with E-state index in [2.05, 4.69) is 15.2 Å². The van der Waals surface area contributed by atoms with Crippen molar-refractivity contribution in [1.29, 1.82) is 0 Å². The molecule has 3 saturated heterocycles. The third-order valence-corrected chi connectivity index (χ3v) is 5.17. The zero-order valence-electron chi connectivity index (χ0n) is 13.9. The summed E-state index contributed by atoms with van der Waals surface area (Å²) < 4.78 is 32.1. The van der Waals surface area contributed by atoms with Gasteiger partial charge in [0.05, 0.1) is 0 Å². The van der Waals surface area contributed by atoms with Crippen LogP contribution >= 0.6 is 0 Å². The number of ether oxygens (including phenoxy) is 1. The van der Waals surface area contributed by atoms with Crippen molar-refractivity contribution in [2.75, 3.05) is 19.6 Å². The van der Waals surface area contributed by atoms with Crippen LogP contribution in [0.2, 0.25) is 0 Å². The second kappa shape index (κ2) is 7.06. The summed E-state index contributed by atoms with van der Waals surface area (Å²) in [6.45, 7) is 4.15. The van der Waals surface area contributed by atoms with Crippen molar-refractivity contribution in [2.45, 2.75) is 25.4 Å². The number of hydrogen-bond acceptors (Lipinski definition) is 4. The van der Waals surface area contributed by atoms with Gasteiger partial charge in [-0.3, -0.25) is 0 Å². The minimum absolute atomic E-state index is 0.238. The Morgan fingerprint density at radius 3 is 2.72 bits per heavy atom. The molecule has 0 saturated carbocycles. The van der Waals surface area contributed by atoms with Crippen molar-refractivity contribution in [3.05, 3.63) is 53.7 Å². The van der Waals surface area contributed by atoms with E-state index in [4.69, 9.17) is 4.74 Å². The number of nitrogens with zero attached hydrogens (tertiary/aromatic N) is 2. The average molecular weight is 345 g/mol. The highest BCUT2D eigenvalue weighted by atomic mass is 19.2. The van der Waals surface area contributed by atoms with Crippen LogP contribution in [0.3, 0.4) is 0 Å². The van der Waals surface area contributed by atoms with Crippen LogP contribution in [0, 0.1) is 17.6 Å². The molecule has 3 aliphatic rings. The summed E-state index contributed by atoms with van der Waals surface area (Å²) in [7, 11) is 0. The Labute approximate surface area is 145 Å². The van der Waals surface area contributed by atoms with E-state index in [1.54, 1.807) is 6.20 Å². The third-order valence-electron chi connectivity index (χ3n) is 5.17. The van der Waals surface area contributed by atoms with Crippen LogP contribution in [0.5, 0.6) is 11.6 Å².